The highest BCUT2D eigenvalue weighted by atomic mass is 16.5. The van der Waals surface area contributed by atoms with Crippen LogP contribution in [0.5, 0.6) is 0 Å². The van der Waals surface area contributed by atoms with Gasteiger partial charge in [0, 0.05) is 12.7 Å². The molecule has 13 heavy (non-hydrogen) atoms. The van der Waals surface area contributed by atoms with Crippen LogP contribution in [0.2, 0.25) is 0 Å². The van der Waals surface area contributed by atoms with Crippen molar-refractivity contribution in [1.29, 1.82) is 0 Å². The van der Waals surface area contributed by atoms with Gasteiger partial charge in [0.25, 0.3) is 0 Å². The summed E-state index contributed by atoms with van der Waals surface area (Å²) in [5, 5.41) is 0. The highest BCUT2D eigenvalue weighted by Gasteiger charge is 2.17. The minimum absolute atomic E-state index is 0.0191. The minimum Gasteiger partial charge on any atom is -0.466 e. The zero-order valence-electron chi connectivity index (χ0n) is 8.43. The fourth-order valence-corrected chi connectivity index (χ4v) is 1.41. The fourth-order valence-electron chi connectivity index (χ4n) is 1.41. The number of ether oxygens (including phenoxy) is 1. The Kier molecular flexibility index (Phi) is 2.88. The molecule has 0 N–H and O–H groups in total. The molecule has 0 aromatic carbocycles. The van der Waals surface area contributed by atoms with E-state index in [1.807, 2.05) is 13.8 Å². The Balaban J connectivity index is 3.06. The van der Waals surface area contributed by atoms with E-state index in [1.165, 1.54) is 7.11 Å². The molecule has 0 aliphatic heterocycles. The van der Waals surface area contributed by atoms with Crippen molar-refractivity contribution in [2.45, 2.75) is 20.8 Å². The zero-order valence-corrected chi connectivity index (χ0v) is 8.43. The Morgan fingerprint density at radius 1 is 1.31 bits per heavy atom. The van der Waals surface area contributed by atoms with Crippen LogP contribution in [-0.2, 0) is 4.74 Å². The van der Waals surface area contributed by atoms with Gasteiger partial charge in [-0.25, -0.2) is 0 Å². The maximum Gasteiger partial charge on any atom is 0.192 e. The maximum atomic E-state index is 11.5. The Morgan fingerprint density at radius 2 is 1.92 bits per heavy atom. The lowest BCUT2D eigenvalue weighted by Crippen LogP contribution is -2.08. The fraction of sp³-hybridized carbons (Fsp3) is 0.500. The van der Waals surface area contributed by atoms with Crippen LogP contribution in [0.25, 0.3) is 0 Å². The van der Waals surface area contributed by atoms with E-state index < -0.39 is 0 Å². The van der Waals surface area contributed by atoms with E-state index in [4.69, 9.17) is 9.15 Å². The molecule has 0 fully saturated rings. The molecule has 0 amide bonds. The third-order valence-corrected chi connectivity index (χ3v) is 2.12. The van der Waals surface area contributed by atoms with Gasteiger partial charge in [0.1, 0.15) is 18.1 Å². The summed E-state index contributed by atoms with van der Waals surface area (Å²) in [4.78, 5) is 11.5. The van der Waals surface area contributed by atoms with Gasteiger partial charge >= 0.3 is 0 Å². The summed E-state index contributed by atoms with van der Waals surface area (Å²) in [6.45, 7) is 5.64. The lowest BCUT2D eigenvalue weighted by molar-refractivity contribution is 0.0846. The summed E-state index contributed by atoms with van der Waals surface area (Å²) < 4.78 is 10.1. The van der Waals surface area contributed by atoms with Gasteiger partial charge in [-0.15, -0.1) is 0 Å². The molecule has 0 aliphatic carbocycles. The molecule has 1 aromatic heterocycles. The van der Waals surface area contributed by atoms with Crippen molar-refractivity contribution in [3.05, 3.63) is 22.6 Å². The summed E-state index contributed by atoms with van der Waals surface area (Å²) in [6, 6.07) is 0. The lowest BCUT2D eigenvalue weighted by atomic mass is 10.1. The van der Waals surface area contributed by atoms with E-state index in [2.05, 4.69) is 0 Å². The molecular weight excluding hydrogens is 168 g/mol. The monoisotopic (exact) mass is 182 g/mol. The zero-order chi connectivity index (χ0) is 10.0. The van der Waals surface area contributed by atoms with Crippen molar-refractivity contribution >= 4 is 5.78 Å². The van der Waals surface area contributed by atoms with Gasteiger partial charge in [-0.3, -0.25) is 4.79 Å². The Morgan fingerprint density at radius 3 is 2.31 bits per heavy atom. The molecule has 0 aliphatic rings. The van der Waals surface area contributed by atoms with Crippen LogP contribution >= 0.6 is 0 Å². The summed E-state index contributed by atoms with van der Waals surface area (Å²) in [5.74, 6) is 1.46. The van der Waals surface area contributed by atoms with Gasteiger partial charge in [0.05, 0.1) is 5.56 Å². The second kappa shape index (κ2) is 3.75. The minimum atomic E-state index is -0.0191. The highest BCUT2D eigenvalue weighted by molar-refractivity contribution is 5.99. The van der Waals surface area contributed by atoms with Crippen LogP contribution in [-0.4, -0.2) is 19.5 Å². The summed E-state index contributed by atoms with van der Waals surface area (Å²) in [6.07, 6.45) is 0. The predicted octanol–water partition coefficient (Wildman–Crippen LogP) is 2.03. The lowest BCUT2D eigenvalue weighted by Gasteiger charge is -1.98. The first kappa shape index (κ1) is 9.99. The number of ketones is 1. The van der Waals surface area contributed by atoms with Crippen LogP contribution in [0.4, 0.5) is 0 Å². The third-order valence-electron chi connectivity index (χ3n) is 2.12. The number of methoxy groups -OCH3 is 1. The largest absolute Gasteiger partial charge is 0.466 e. The van der Waals surface area contributed by atoms with Crippen LogP contribution in [0, 0.1) is 20.8 Å². The summed E-state index contributed by atoms with van der Waals surface area (Å²) in [5.41, 5.74) is 1.58. The number of hydrogen-bond acceptors (Lipinski definition) is 3. The molecule has 1 aromatic rings. The van der Waals surface area contributed by atoms with Gasteiger partial charge in [-0.1, -0.05) is 0 Å². The molecule has 1 heterocycles. The quantitative estimate of drug-likeness (QED) is 0.671. The van der Waals surface area contributed by atoms with Gasteiger partial charge in [0.2, 0.25) is 0 Å². The van der Waals surface area contributed by atoms with Crippen molar-refractivity contribution in [1.82, 2.24) is 0 Å². The molecular formula is C10H14O3. The predicted molar refractivity (Wildman–Crippen MR) is 49.1 cm³/mol. The maximum absolute atomic E-state index is 11.5. The number of aryl methyl sites for hydroxylation is 2. The normalized spacial score (nSPS) is 10.5. The van der Waals surface area contributed by atoms with Crippen molar-refractivity contribution < 1.29 is 13.9 Å². The second-order valence-corrected chi connectivity index (χ2v) is 3.07. The van der Waals surface area contributed by atoms with Gasteiger partial charge < -0.3 is 9.15 Å². The Hall–Kier alpha value is -1.09. The average molecular weight is 182 g/mol. The molecule has 0 atom stereocenters. The number of carbonyl (C=O) groups excluding carboxylic acids is 1. The number of hydrogen-bond donors (Lipinski definition) is 0. The summed E-state index contributed by atoms with van der Waals surface area (Å²) >= 11 is 0. The van der Waals surface area contributed by atoms with Gasteiger partial charge in [-0.05, 0) is 20.8 Å². The van der Waals surface area contributed by atoms with Crippen molar-refractivity contribution in [2.24, 2.45) is 0 Å². The summed E-state index contributed by atoms with van der Waals surface area (Å²) in [7, 11) is 1.51. The number of furan rings is 1. The smallest absolute Gasteiger partial charge is 0.192 e. The van der Waals surface area contributed by atoms with Crippen molar-refractivity contribution in [3.8, 4) is 0 Å². The van der Waals surface area contributed by atoms with Crippen molar-refractivity contribution in [3.63, 3.8) is 0 Å². The number of carbonyl (C=O) groups is 1. The molecule has 72 valence electrons. The molecule has 0 unspecified atom stereocenters. The van der Waals surface area contributed by atoms with Crippen LogP contribution in [0.1, 0.15) is 27.4 Å². The first-order chi connectivity index (χ1) is 6.07. The second-order valence-electron chi connectivity index (χ2n) is 3.07. The molecule has 0 saturated carbocycles. The van der Waals surface area contributed by atoms with E-state index >= 15 is 0 Å². The average Bonchev–Trinajstić information content (AvgIpc) is 2.27. The molecule has 3 nitrogen and oxygen atoms in total. The van der Waals surface area contributed by atoms with Crippen molar-refractivity contribution in [2.75, 3.05) is 13.7 Å². The first-order valence-corrected chi connectivity index (χ1v) is 4.16. The topological polar surface area (TPSA) is 39.4 Å². The van der Waals surface area contributed by atoms with E-state index in [-0.39, 0.29) is 12.4 Å². The van der Waals surface area contributed by atoms with E-state index in [0.717, 1.165) is 11.3 Å². The number of Topliss-reactive ketones (excluding diaryl/α,β-unsaturated/α-hetero) is 1. The molecule has 3 heteroatoms. The SMILES string of the molecule is COCC(=O)c1c(C)oc(C)c1C. The van der Waals surface area contributed by atoms with Gasteiger partial charge in [-0.2, -0.15) is 0 Å². The van der Waals surface area contributed by atoms with E-state index in [9.17, 15) is 4.79 Å². The molecule has 1 rings (SSSR count). The van der Waals surface area contributed by atoms with Crippen LogP contribution < -0.4 is 0 Å². The van der Waals surface area contributed by atoms with E-state index in [1.54, 1.807) is 6.92 Å². The number of rotatable bonds is 3. The first-order valence-electron chi connectivity index (χ1n) is 4.16. The van der Waals surface area contributed by atoms with Crippen LogP contribution in [0.15, 0.2) is 4.42 Å². The highest BCUT2D eigenvalue weighted by Crippen LogP contribution is 2.20. The standard InChI is InChI=1S/C10H14O3/c1-6-7(2)13-8(3)10(6)9(11)5-12-4/h5H2,1-4H3. The molecule has 0 radical (unpaired) electrons. The van der Waals surface area contributed by atoms with Gasteiger partial charge in [0.15, 0.2) is 5.78 Å². The van der Waals surface area contributed by atoms with E-state index in [0.29, 0.717) is 11.3 Å². The van der Waals surface area contributed by atoms with Crippen LogP contribution in [0.3, 0.4) is 0 Å². The molecule has 0 spiro atoms. The molecule has 0 bridgehead atoms. The molecule has 0 saturated heterocycles. The Labute approximate surface area is 77.7 Å². The Bertz CT molecular complexity index is 323. The third kappa shape index (κ3) is 1.80.